The maximum absolute atomic E-state index is 10.7. The summed E-state index contributed by atoms with van der Waals surface area (Å²) < 4.78 is 0.464. The monoisotopic (exact) mass is 267 g/mol. The average Bonchev–Trinajstić information content (AvgIpc) is 2.20. The molecule has 0 fully saturated rings. The van der Waals surface area contributed by atoms with Crippen molar-refractivity contribution in [1.29, 1.82) is 5.26 Å². The van der Waals surface area contributed by atoms with Crippen LogP contribution in [0.15, 0.2) is 16.6 Å². The third-order valence-electron chi connectivity index (χ3n) is 1.81. The minimum atomic E-state index is -1.02. The summed E-state index contributed by atoms with van der Waals surface area (Å²) in [5, 5.41) is 17.3. The van der Waals surface area contributed by atoms with E-state index in [1.54, 1.807) is 0 Å². The van der Waals surface area contributed by atoms with Gasteiger partial charge in [0, 0.05) is 10.0 Å². The lowest BCUT2D eigenvalue weighted by molar-refractivity contribution is -0.136. The first-order chi connectivity index (χ1) is 7.08. The van der Waals surface area contributed by atoms with Crippen LogP contribution in [0.2, 0.25) is 0 Å². The molecule has 0 saturated heterocycles. The zero-order chi connectivity index (χ0) is 11.4. The highest BCUT2D eigenvalue weighted by Gasteiger charge is 2.12. The van der Waals surface area contributed by atoms with Gasteiger partial charge in [0.15, 0.2) is 0 Å². The van der Waals surface area contributed by atoms with Crippen molar-refractivity contribution in [2.75, 3.05) is 0 Å². The Morgan fingerprint density at radius 3 is 2.73 bits per heavy atom. The lowest BCUT2D eigenvalue weighted by atomic mass is 10.0. The zero-order valence-corrected chi connectivity index (χ0v) is 9.11. The summed E-state index contributed by atoms with van der Waals surface area (Å²) in [6.45, 7) is 0. The fraction of sp³-hybridized carbons (Fsp3) is 0.100. The minimum Gasteiger partial charge on any atom is -0.481 e. The summed E-state index contributed by atoms with van der Waals surface area (Å²) in [5.41, 5.74) is 0.929. The van der Waals surface area contributed by atoms with Gasteiger partial charge in [-0.05, 0) is 17.7 Å². The van der Waals surface area contributed by atoms with Gasteiger partial charge >= 0.3 is 5.97 Å². The number of aliphatic carboxylic acids is 1. The van der Waals surface area contributed by atoms with Crippen molar-refractivity contribution in [2.24, 2.45) is 0 Å². The third kappa shape index (κ3) is 2.64. The molecule has 0 unspecified atom stereocenters. The van der Waals surface area contributed by atoms with Gasteiger partial charge in [-0.3, -0.25) is 9.59 Å². The number of nitrogens with zero attached hydrogens (tertiary/aromatic N) is 1. The number of nitriles is 1. The van der Waals surface area contributed by atoms with Gasteiger partial charge in [-0.15, -0.1) is 0 Å². The van der Waals surface area contributed by atoms with Gasteiger partial charge in [0.1, 0.15) is 6.29 Å². The highest BCUT2D eigenvalue weighted by atomic mass is 79.9. The molecule has 0 spiro atoms. The van der Waals surface area contributed by atoms with E-state index in [1.165, 1.54) is 12.1 Å². The molecule has 0 bridgehead atoms. The Labute approximate surface area is 94.3 Å². The van der Waals surface area contributed by atoms with Gasteiger partial charge in [0.2, 0.25) is 0 Å². The summed E-state index contributed by atoms with van der Waals surface area (Å²) >= 11 is 3.13. The summed E-state index contributed by atoms with van der Waals surface area (Å²) in [6.07, 6.45) is 0.296. The second-order valence-electron chi connectivity index (χ2n) is 2.83. The predicted molar refractivity (Wildman–Crippen MR) is 55.6 cm³/mol. The van der Waals surface area contributed by atoms with Crippen LogP contribution in [0.4, 0.5) is 0 Å². The number of rotatable bonds is 3. The lowest BCUT2D eigenvalue weighted by Crippen LogP contribution is -2.04. The number of hydrogen-bond donors (Lipinski definition) is 1. The first-order valence-electron chi connectivity index (χ1n) is 3.98. The smallest absolute Gasteiger partial charge is 0.307 e. The van der Waals surface area contributed by atoms with Crippen molar-refractivity contribution in [3.05, 3.63) is 33.3 Å². The molecule has 0 amide bonds. The summed E-state index contributed by atoms with van der Waals surface area (Å²) in [4.78, 5) is 21.2. The maximum atomic E-state index is 10.7. The molecule has 0 heterocycles. The van der Waals surface area contributed by atoms with Gasteiger partial charge in [0.25, 0.3) is 0 Å². The van der Waals surface area contributed by atoms with E-state index in [-0.39, 0.29) is 12.0 Å². The van der Waals surface area contributed by atoms with Crippen molar-refractivity contribution in [3.63, 3.8) is 0 Å². The molecule has 0 aliphatic heterocycles. The van der Waals surface area contributed by atoms with Crippen LogP contribution in [0.3, 0.4) is 0 Å². The van der Waals surface area contributed by atoms with Crippen molar-refractivity contribution in [3.8, 4) is 6.07 Å². The number of halogens is 1. The molecule has 1 aromatic carbocycles. The fourth-order valence-corrected chi connectivity index (χ4v) is 1.78. The maximum Gasteiger partial charge on any atom is 0.307 e. The minimum absolute atomic E-state index is 0.225. The van der Waals surface area contributed by atoms with Crippen LogP contribution in [0.1, 0.15) is 21.5 Å². The molecule has 0 atom stereocenters. The number of hydrogen-bond acceptors (Lipinski definition) is 3. The Hall–Kier alpha value is -1.67. The van der Waals surface area contributed by atoms with E-state index in [4.69, 9.17) is 10.4 Å². The largest absolute Gasteiger partial charge is 0.481 e. The van der Waals surface area contributed by atoms with Crippen LogP contribution >= 0.6 is 15.9 Å². The molecule has 0 radical (unpaired) electrons. The van der Waals surface area contributed by atoms with E-state index in [1.807, 2.05) is 6.07 Å². The molecule has 76 valence electrons. The zero-order valence-electron chi connectivity index (χ0n) is 7.53. The molecule has 15 heavy (non-hydrogen) atoms. The lowest BCUT2D eigenvalue weighted by Gasteiger charge is -2.05. The number of benzene rings is 1. The van der Waals surface area contributed by atoms with E-state index in [0.717, 1.165) is 0 Å². The number of carbonyl (C=O) groups is 2. The highest BCUT2D eigenvalue weighted by molar-refractivity contribution is 9.10. The number of carbonyl (C=O) groups excluding carboxylic acids is 1. The molecule has 0 aromatic heterocycles. The molecule has 5 heteroatoms. The van der Waals surface area contributed by atoms with Gasteiger partial charge in [0.05, 0.1) is 18.1 Å². The Balaban J connectivity index is 3.32. The molecule has 0 saturated carbocycles. The van der Waals surface area contributed by atoms with Crippen LogP contribution in [0.5, 0.6) is 0 Å². The SMILES string of the molecule is N#Cc1cc(Br)c(CC(=O)O)c(C=O)c1. The summed E-state index contributed by atoms with van der Waals surface area (Å²) in [6, 6.07) is 4.75. The van der Waals surface area contributed by atoms with Gasteiger partial charge in [-0.2, -0.15) is 5.26 Å². The Kier molecular flexibility index (Phi) is 3.58. The summed E-state index contributed by atoms with van der Waals surface area (Å²) in [7, 11) is 0. The molecule has 1 N–H and O–H groups in total. The number of carboxylic acid groups (broad SMARTS) is 1. The quantitative estimate of drug-likeness (QED) is 0.847. The van der Waals surface area contributed by atoms with Crippen LogP contribution in [0, 0.1) is 11.3 Å². The molecule has 0 aliphatic rings. The highest BCUT2D eigenvalue weighted by Crippen LogP contribution is 2.22. The Morgan fingerprint density at radius 2 is 2.27 bits per heavy atom. The Bertz CT molecular complexity index is 462. The van der Waals surface area contributed by atoms with Crippen LogP contribution in [-0.4, -0.2) is 17.4 Å². The van der Waals surface area contributed by atoms with Crippen LogP contribution in [-0.2, 0) is 11.2 Å². The van der Waals surface area contributed by atoms with Gasteiger partial charge in [-0.1, -0.05) is 15.9 Å². The Morgan fingerprint density at radius 1 is 1.60 bits per heavy atom. The number of aldehydes is 1. The number of carboxylic acids is 1. The molecule has 0 aliphatic carbocycles. The topological polar surface area (TPSA) is 78.2 Å². The van der Waals surface area contributed by atoms with E-state index in [2.05, 4.69) is 15.9 Å². The van der Waals surface area contributed by atoms with E-state index >= 15 is 0 Å². The molecule has 1 rings (SSSR count). The van der Waals surface area contributed by atoms with E-state index in [9.17, 15) is 9.59 Å². The van der Waals surface area contributed by atoms with Crippen molar-refractivity contribution < 1.29 is 14.7 Å². The molecule has 4 nitrogen and oxygen atoms in total. The van der Waals surface area contributed by atoms with Gasteiger partial charge < -0.3 is 5.11 Å². The van der Waals surface area contributed by atoms with E-state index in [0.29, 0.717) is 21.9 Å². The predicted octanol–water partition coefficient (Wildman–Crippen LogP) is 1.76. The summed E-state index contributed by atoms with van der Waals surface area (Å²) in [5.74, 6) is -1.02. The molecule has 1 aromatic rings. The second kappa shape index (κ2) is 4.71. The van der Waals surface area contributed by atoms with E-state index < -0.39 is 5.97 Å². The van der Waals surface area contributed by atoms with Gasteiger partial charge in [-0.25, -0.2) is 0 Å². The average molecular weight is 268 g/mol. The van der Waals surface area contributed by atoms with Crippen LogP contribution < -0.4 is 0 Å². The fourth-order valence-electron chi connectivity index (χ4n) is 1.17. The van der Waals surface area contributed by atoms with Crippen molar-refractivity contribution in [2.45, 2.75) is 6.42 Å². The normalized spacial score (nSPS) is 9.33. The first-order valence-corrected chi connectivity index (χ1v) is 4.77. The van der Waals surface area contributed by atoms with Crippen molar-refractivity contribution in [1.82, 2.24) is 0 Å². The standard InChI is InChI=1S/C10H6BrNO3/c11-9-2-6(4-12)1-7(5-13)8(9)3-10(14)15/h1-2,5H,3H2,(H,14,15). The molecular weight excluding hydrogens is 262 g/mol. The molecular formula is C10H6BrNO3. The first kappa shape index (κ1) is 11.4. The van der Waals surface area contributed by atoms with Crippen LogP contribution in [0.25, 0.3) is 0 Å². The second-order valence-corrected chi connectivity index (χ2v) is 3.68. The third-order valence-corrected chi connectivity index (χ3v) is 2.52. The van der Waals surface area contributed by atoms with Crippen molar-refractivity contribution >= 4 is 28.2 Å².